The van der Waals surface area contributed by atoms with Gasteiger partial charge in [0.2, 0.25) is 5.95 Å². The van der Waals surface area contributed by atoms with E-state index in [0.717, 1.165) is 16.7 Å². The number of fused-ring (bicyclic) bond motifs is 1. The summed E-state index contributed by atoms with van der Waals surface area (Å²) in [6.07, 6.45) is 3.38. The van der Waals surface area contributed by atoms with Crippen LogP contribution in [-0.4, -0.2) is 57.8 Å². The number of Topliss-reactive ketones (excluding diaryl/α,β-unsaturated/α-hetero) is 1. The summed E-state index contributed by atoms with van der Waals surface area (Å²) in [5.74, 6) is 1.04. The molecule has 0 radical (unpaired) electrons. The van der Waals surface area contributed by atoms with Crippen LogP contribution < -0.4 is 10.3 Å². The minimum absolute atomic E-state index is 0.000845. The van der Waals surface area contributed by atoms with Crippen LogP contribution in [-0.2, 0) is 11.3 Å². The van der Waals surface area contributed by atoms with Crippen LogP contribution in [0.5, 0.6) is 0 Å². The van der Waals surface area contributed by atoms with Gasteiger partial charge in [0.05, 0.1) is 32.3 Å². The highest BCUT2D eigenvalue weighted by molar-refractivity contribution is 5.98. The summed E-state index contributed by atoms with van der Waals surface area (Å²) in [5, 5.41) is 4.39. The maximum absolute atomic E-state index is 13.0. The van der Waals surface area contributed by atoms with Crippen molar-refractivity contribution in [2.45, 2.75) is 20.4 Å². The molecule has 1 fully saturated rings. The number of nitrogens with one attached hydrogen (secondary N) is 1. The number of aromatic nitrogens is 4. The number of carbonyl (C=O) groups excluding carboxylic acids is 1. The first kappa shape index (κ1) is 22.7. The first-order chi connectivity index (χ1) is 17.1. The van der Waals surface area contributed by atoms with Gasteiger partial charge in [-0.1, -0.05) is 54.1 Å². The number of carbonyl (C=O) groups is 1. The highest BCUT2D eigenvalue weighted by atomic mass is 16.5. The molecule has 0 atom stereocenters. The van der Waals surface area contributed by atoms with Crippen LogP contribution in [0.2, 0.25) is 0 Å². The second kappa shape index (κ2) is 10.0. The number of hydrogen-bond donors (Lipinski definition) is 1. The molecular formula is C26H27N7O2. The first-order valence-electron chi connectivity index (χ1n) is 11.6. The Hall–Kier alpha value is -4.11. The van der Waals surface area contributed by atoms with Crippen LogP contribution in [0.15, 0.2) is 60.0 Å². The van der Waals surface area contributed by atoms with E-state index >= 15 is 0 Å². The van der Waals surface area contributed by atoms with E-state index in [1.54, 1.807) is 17.1 Å². The number of benzene rings is 2. The molecule has 5 rings (SSSR count). The third kappa shape index (κ3) is 5.04. The molecule has 0 amide bonds. The minimum atomic E-state index is 0.000845. The number of nitrogens with zero attached hydrogens (tertiary/aromatic N) is 6. The number of rotatable bonds is 7. The minimum Gasteiger partial charge on any atom is -0.378 e. The van der Waals surface area contributed by atoms with Crippen molar-refractivity contribution in [2.24, 2.45) is 5.10 Å². The largest absolute Gasteiger partial charge is 0.378 e. The van der Waals surface area contributed by atoms with E-state index in [4.69, 9.17) is 14.7 Å². The van der Waals surface area contributed by atoms with Gasteiger partial charge in [-0.05, 0) is 25.0 Å². The molecule has 9 heteroatoms. The zero-order valence-electron chi connectivity index (χ0n) is 19.8. The van der Waals surface area contributed by atoms with E-state index < -0.39 is 0 Å². The van der Waals surface area contributed by atoms with Crippen molar-refractivity contribution in [1.82, 2.24) is 19.5 Å². The molecule has 2 aromatic heterocycles. The average Bonchev–Trinajstić information content (AvgIpc) is 3.27. The zero-order chi connectivity index (χ0) is 24.2. The predicted octanol–water partition coefficient (Wildman–Crippen LogP) is 3.61. The number of imidazole rings is 1. The molecular weight excluding hydrogens is 442 g/mol. The maximum atomic E-state index is 13.0. The molecule has 3 heterocycles. The molecule has 0 bridgehead atoms. The van der Waals surface area contributed by atoms with Crippen LogP contribution in [0.4, 0.5) is 11.8 Å². The molecule has 9 nitrogen and oxygen atoms in total. The normalized spacial score (nSPS) is 14.1. The Bertz CT molecular complexity index is 1390. The topological polar surface area (TPSA) is 97.5 Å². The van der Waals surface area contributed by atoms with Crippen LogP contribution in [0.1, 0.15) is 27.0 Å². The summed E-state index contributed by atoms with van der Waals surface area (Å²) >= 11 is 0. The van der Waals surface area contributed by atoms with Gasteiger partial charge in [0.25, 0.3) is 0 Å². The SMILES string of the molecule is Cc1cccc(/C=N/Nc2nc(N3CCOCC3)nc3c2ncn3CC(=O)c2ccccc2C)c1. The Morgan fingerprint density at radius 2 is 1.94 bits per heavy atom. The Kier molecular flexibility index (Phi) is 6.49. The van der Waals surface area contributed by atoms with Gasteiger partial charge in [-0.3, -0.25) is 10.2 Å². The maximum Gasteiger partial charge on any atom is 0.229 e. The monoisotopic (exact) mass is 469 g/mol. The van der Waals surface area contributed by atoms with Crippen LogP contribution in [0.25, 0.3) is 11.2 Å². The van der Waals surface area contributed by atoms with Crippen molar-refractivity contribution in [2.75, 3.05) is 36.6 Å². The van der Waals surface area contributed by atoms with Gasteiger partial charge in [-0.15, -0.1) is 0 Å². The van der Waals surface area contributed by atoms with E-state index in [-0.39, 0.29) is 12.3 Å². The van der Waals surface area contributed by atoms with Crippen LogP contribution in [0, 0.1) is 13.8 Å². The third-order valence-corrected chi connectivity index (χ3v) is 5.93. The van der Waals surface area contributed by atoms with E-state index in [1.807, 2.05) is 62.4 Å². The lowest BCUT2D eigenvalue weighted by molar-refractivity contribution is 0.0972. The van der Waals surface area contributed by atoms with E-state index in [2.05, 4.69) is 20.4 Å². The van der Waals surface area contributed by atoms with Crippen LogP contribution in [0.3, 0.4) is 0 Å². The van der Waals surface area contributed by atoms with Crippen molar-refractivity contribution in [1.29, 1.82) is 0 Å². The Morgan fingerprint density at radius 3 is 2.74 bits per heavy atom. The fraction of sp³-hybridized carbons (Fsp3) is 0.269. The predicted molar refractivity (Wildman–Crippen MR) is 136 cm³/mol. The Labute approximate surface area is 203 Å². The van der Waals surface area contributed by atoms with E-state index in [9.17, 15) is 4.79 Å². The van der Waals surface area contributed by atoms with E-state index in [1.165, 1.54) is 0 Å². The van der Waals surface area contributed by atoms with Gasteiger partial charge in [0, 0.05) is 18.7 Å². The molecule has 1 N–H and O–H groups in total. The lowest BCUT2D eigenvalue weighted by Gasteiger charge is -2.27. The molecule has 0 unspecified atom stereocenters. The lowest BCUT2D eigenvalue weighted by Crippen LogP contribution is -2.37. The molecule has 1 saturated heterocycles. The van der Waals surface area contributed by atoms with Crippen molar-refractivity contribution in [3.8, 4) is 0 Å². The molecule has 1 aliphatic heterocycles. The third-order valence-electron chi connectivity index (χ3n) is 5.93. The molecule has 0 aliphatic carbocycles. The molecule has 0 saturated carbocycles. The highest BCUT2D eigenvalue weighted by Gasteiger charge is 2.20. The smallest absolute Gasteiger partial charge is 0.229 e. The number of ketones is 1. The summed E-state index contributed by atoms with van der Waals surface area (Å²) in [4.78, 5) is 29.1. The second-order valence-corrected chi connectivity index (χ2v) is 8.54. The molecule has 1 aliphatic rings. The zero-order valence-corrected chi connectivity index (χ0v) is 19.8. The average molecular weight is 470 g/mol. The van der Waals surface area contributed by atoms with Gasteiger partial charge in [0.15, 0.2) is 22.8 Å². The lowest BCUT2D eigenvalue weighted by atomic mass is 10.1. The summed E-state index contributed by atoms with van der Waals surface area (Å²) in [6.45, 7) is 6.71. The number of hydrazone groups is 1. The summed E-state index contributed by atoms with van der Waals surface area (Å²) in [5.41, 5.74) is 7.95. The van der Waals surface area contributed by atoms with Crippen molar-refractivity contribution < 1.29 is 9.53 Å². The Balaban J connectivity index is 1.48. The van der Waals surface area contributed by atoms with Gasteiger partial charge in [-0.25, -0.2) is 4.98 Å². The van der Waals surface area contributed by atoms with Crippen molar-refractivity contribution in [3.05, 3.63) is 77.1 Å². The van der Waals surface area contributed by atoms with Crippen molar-refractivity contribution >= 4 is 34.9 Å². The fourth-order valence-corrected chi connectivity index (χ4v) is 4.08. The number of aryl methyl sites for hydroxylation is 2. The number of ether oxygens (including phenoxy) is 1. The molecule has 35 heavy (non-hydrogen) atoms. The van der Waals surface area contributed by atoms with Crippen molar-refractivity contribution in [3.63, 3.8) is 0 Å². The van der Waals surface area contributed by atoms with Gasteiger partial charge >= 0.3 is 0 Å². The van der Waals surface area contributed by atoms with Gasteiger partial charge < -0.3 is 14.2 Å². The molecule has 178 valence electrons. The Morgan fingerprint density at radius 1 is 1.11 bits per heavy atom. The summed E-state index contributed by atoms with van der Waals surface area (Å²) in [6, 6.07) is 15.6. The number of hydrogen-bond acceptors (Lipinski definition) is 8. The summed E-state index contributed by atoms with van der Waals surface area (Å²) < 4.78 is 7.25. The van der Waals surface area contributed by atoms with Gasteiger partial charge in [0.1, 0.15) is 0 Å². The molecule has 2 aromatic carbocycles. The standard InChI is InChI=1S/C26H27N7O2/c1-18-6-5-8-20(14-18)15-28-31-24-23-25(30-26(29-24)32-10-12-35-13-11-32)33(17-27-23)16-22(34)21-9-4-3-7-19(21)2/h3-9,14-15,17H,10-13,16H2,1-2H3,(H,29,30,31)/b28-15+. The number of morpholine rings is 1. The van der Waals surface area contributed by atoms with Gasteiger partial charge in [-0.2, -0.15) is 15.1 Å². The first-order valence-corrected chi connectivity index (χ1v) is 11.6. The quantitative estimate of drug-likeness (QED) is 0.251. The second-order valence-electron chi connectivity index (χ2n) is 8.54. The molecule has 0 spiro atoms. The summed E-state index contributed by atoms with van der Waals surface area (Å²) in [7, 11) is 0. The highest BCUT2D eigenvalue weighted by Crippen LogP contribution is 2.24. The van der Waals surface area contributed by atoms with Crippen LogP contribution >= 0.6 is 0 Å². The van der Waals surface area contributed by atoms with E-state index in [0.29, 0.717) is 54.8 Å². The molecule has 4 aromatic rings. The fourth-order valence-electron chi connectivity index (χ4n) is 4.08. The number of anilines is 2.